The molecule has 1 aliphatic rings. The molecule has 0 spiro atoms. The Morgan fingerprint density at radius 1 is 1.29 bits per heavy atom. The number of benzene rings is 1. The van der Waals surface area contributed by atoms with E-state index >= 15 is 0 Å². The minimum atomic E-state index is -0.864. The van der Waals surface area contributed by atoms with Gasteiger partial charge in [0.2, 0.25) is 0 Å². The van der Waals surface area contributed by atoms with Gasteiger partial charge in [0, 0.05) is 12.7 Å². The average Bonchev–Trinajstić information content (AvgIpc) is 2.33. The normalized spacial score (nSPS) is 29.3. The predicted octanol–water partition coefficient (Wildman–Crippen LogP) is 3.77. The first-order chi connectivity index (χ1) is 8.07. The van der Waals surface area contributed by atoms with E-state index in [4.69, 9.17) is 27.9 Å². The Balaban J connectivity index is 2.24. The van der Waals surface area contributed by atoms with Crippen molar-refractivity contribution in [2.24, 2.45) is 0 Å². The third-order valence-electron chi connectivity index (χ3n) is 3.55. The van der Waals surface area contributed by atoms with Gasteiger partial charge >= 0.3 is 0 Å². The second kappa shape index (κ2) is 5.15. The van der Waals surface area contributed by atoms with E-state index in [0.29, 0.717) is 22.9 Å². The molecule has 0 aromatic heterocycles. The van der Waals surface area contributed by atoms with Gasteiger partial charge in [0.15, 0.2) is 0 Å². The van der Waals surface area contributed by atoms with Crippen molar-refractivity contribution in [1.29, 1.82) is 0 Å². The Morgan fingerprint density at radius 2 is 1.94 bits per heavy atom. The third-order valence-corrected chi connectivity index (χ3v) is 4.36. The zero-order valence-corrected chi connectivity index (χ0v) is 11.3. The van der Waals surface area contributed by atoms with E-state index in [1.54, 1.807) is 13.2 Å². The summed E-state index contributed by atoms with van der Waals surface area (Å²) in [5.41, 5.74) is -0.127. The Kier molecular flexibility index (Phi) is 3.99. The lowest BCUT2D eigenvalue weighted by molar-refractivity contribution is -0.0473. The molecule has 0 radical (unpaired) electrons. The van der Waals surface area contributed by atoms with E-state index in [0.717, 1.165) is 18.4 Å². The van der Waals surface area contributed by atoms with E-state index in [1.165, 1.54) is 0 Å². The topological polar surface area (TPSA) is 29.5 Å². The summed E-state index contributed by atoms with van der Waals surface area (Å²) in [5, 5.41) is 11.6. The summed E-state index contributed by atoms with van der Waals surface area (Å²) in [7, 11) is 1.71. The number of rotatable bonds is 2. The van der Waals surface area contributed by atoms with Crippen molar-refractivity contribution in [2.75, 3.05) is 7.11 Å². The highest BCUT2D eigenvalue weighted by molar-refractivity contribution is 6.42. The second-order valence-corrected chi connectivity index (χ2v) is 5.35. The molecule has 0 amide bonds. The molecule has 1 N–H and O–H groups in total. The number of ether oxygens (including phenoxy) is 1. The van der Waals surface area contributed by atoms with Crippen molar-refractivity contribution in [1.82, 2.24) is 0 Å². The fourth-order valence-corrected chi connectivity index (χ4v) is 2.91. The monoisotopic (exact) mass is 274 g/mol. The molecule has 4 heteroatoms. The quantitative estimate of drug-likeness (QED) is 0.890. The van der Waals surface area contributed by atoms with Crippen molar-refractivity contribution in [2.45, 2.75) is 37.4 Å². The van der Waals surface area contributed by atoms with E-state index < -0.39 is 5.60 Å². The van der Waals surface area contributed by atoms with Crippen LogP contribution in [0.4, 0.5) is 0 Å². The smallest absolute Gasteiger partial charge is 0.0913 e. The van der Waals surface area contributed by atoms with E-state index in [9.17, 15) is 5.11 Å². The molecular formula is C13H16Cl2O2. The fourth-order valence-electron chi connectivity index (χ4n) is 2.44. The van der Waals surface area contributed by atoms with Crippen LogP contribution in [0.15, 0.2) is 18.2 Å². The molecule has 0 unspecified atom stereocenters. The summed E-state index contributed by atoms with van der Waals surface area (Å²) >= 11 is 12.1. The molecule has 1 fully saturated rings. The largest absolute Gasteiger partial charge is 0.385 e. The van der Waals surface area contributed by atoms with Crippen LogP contribution in [-0.4, -0.2) is 18.3 Å². The van der Waals surface area contributed by atoms with Crippen LogP contribution >= 0.6 is 23.2 Å². The lowest BCUT2D eigenvalue weighted by Gasteiger charge is -2.36. The Labute approximate surface area is 111 Å². The van der Waals surface area contributed by atoms with Crippen LogP contribution < -0.4 is 0 Å². The van der Waals surface area contributed by atoms with Crippen molar-refractivity contribution < 1.29 is 9.84 Å². The molecule has 0 atom stereocenters. The van der Waals surface area contributed by atoms with Gasteiger partial charge in [-0.25, -0.2) is 0 Å². The predicted molar refractivity (Wildman–Crippen MR) is 69.6 cm³/mol. The maximum Gasteiger partial charge on any atom is 0.0913 e. The van der Waals surface area contributed by atoms with Gasteiger partial charge in [-0.3, -0.25) is 0 Å². The number of methoxy groups -OCH3 is 1. The van der Waals surface area contributed by atoms with Crippen LogP contribution in [0, 0.1) is 0 Å². The SMILES string of the molecule is COC1CCC(O)(c2cccc(Cl)c2Cl)CC1. The highest BCUT2D eigenvalue weighted by Crippen LogP contribution is 2.42. The maximum atomic E-state index is 10.7. The summed E-state index contributed by atoms with van der Waals surface area (Å²) in [6, 6.07) is 5.41. The Bertz CT molecular complexity index is 398. The van der Waals surface area contributed by atoms with Crippen LogP contribution in [0.25, 0.3) is 0 Å². The van der Waals surface area contributed by atoms with Crippen LogP contribution in [0.3, 0.4) is 0 Å². The molecule has 1 saturated carbocycles. The van der Waals surface area contributed by atoms with Gasteiger partial charge in [-0.05, 0) is 31.7 Å². The summed E-state index contributed by atoms with van der Waals surface area (Å²) in [5.74, 6) is 0. The van der Waals surface area contributed by atoms with Gasteiger partial charge in [0.05, 0.1) is 21.8 Å². The van der Waals surface area contributed by atoms with E-state index in [1.807, 2.05) is 12.1 Å². The molecule has 0 bridgehead atoms. The summed E-state index contributed by atoms with van der Waals surface area (Å²) in [6.07, 6.45) is 3.25. The van der Waals surface area contributed by atoms with Crippen LogP contribution in [0.2, 0.25) is 10.0 Å². The standard InChI is InChI=1S/C13H16Cl2O2/c1-17-9-5-7-13(16,8-6-9)10-3-2-4-11(14)12(10)15/h2-4,9,16H,5-8H2,1H3. The fraction of sp³-hybridized carbons (Fsp3) is 0.538. The zero-order valence-electron chi connectivity index (χ0n) is 9.75. The minimum Gasteiger partial charge on any atom is -0.385 e. The molecule has 1 aliphatic carbocycles. The summed E-state index contributed by atoms with van der Waals surface area (Å²) in [4.78, 5) is 0. The maximum absolute atomic E-state index is 10.7. The van der Waals surface area contributed by atoms with Crippen molar-refractivity contribution in [3.63, 3.8) is 0 Å². The first-order valence-electron chi connectivity index (χ1n) is 5.76. The molecule has 1 aromatic carbocycles. The first kappa shape index (κ1) is 13.2. The van der Waals surface area contributed by atoms with Crippen LogP contribution in [-0.2, 0) is 10.3 Å². The average molecular weight is 275 g/mol. The van der Waals surface area contributed by atoms with Crippen molar-refractivity contribution in [3.8, 4) is 0 Å². The summed E-state index contributed by atoms with van der Waals surface area (Å²) in [6.45, 7) is 0. The molecule has 2 nitrogen and oxygen atoms in total. The first-order valence-corrected chi connectivity index (χ1v) is 6.52. The van der Waals surface area contributed by atoms with Gasteiger partial charge in [-0.1, -0.05) is 35.3 Å². The molecule has 94 valence electrons. The van der Waals surface area contributed by atoms with E-state index in [2.05, 4.69) is 0 Å². The molecule has 2 rings (SSSR count). The molecule has 0 heterocycles. The van der Waals surface area contributed by atoms with Gasteiger partial charge in [-0.2, -0.15) is 0 Å². The van der Waals surface area contributed by atoms with Gasteiger partial charge in [0.25, 0.3) is 0 Å². The molecule has 1 aromatic rings. The van der Waals surface area contributed by atoms with E-state index in [-0.39, 0.29) is 6.10 Å². The van der Waals surface area contributed by atoms with Gasteiger partial charge < -0.3 is 9.84 Å². The molecule has 0 saturated heterocycles. The second-order valence-electron chi connectivity index (χ2n) is 4.57. The molecular weight excluding hydrogens is 259 g/mol. The zero-order chi connectivity index (χ0) is 12.5. The number of halogens is 2. The van der Waals surface area contributed by atoms with Crippen LogP contribution in [0.1, 0.15) is 31.2 Å². The highest BCUT2D eigenvalue weighted by Gasteiger charge is 2.36. The Morgan fingerprint density at radius 3 is 2.53 bits per heavy atom. The number of aliphatic hydroxyl groups is 1. The molecule has 0 aliphatic heterocycles. The van der Waals surface area contributed by atoms with Crippen LogP contribution in [0.5, 0.6) is 0 Å². The summed E-state index contributed by atoms with van der Waals surface area (Å²) < 4.78 is 5.30. The third kappa shape index (κ3) is 2.60. The van der Waals surface area contributed by atoms with Gasteiger partial charge in [-0.15, -0.1) is 0 Å². The highest BCUT2D eigenvalue weighted by atomic mass is 35.5. The van der Waals surface area contributed by atoms with Gasteiger partial charge in [0.1, 0.15) is 0 Å². The number of hydrogen-bond acceptors (Lipinski definition) is 2. The lowest BCUT2D eigenvalue weighted by atomic mass is 9.78. The van der Waals surface area contributed by atoms with Crippen molar-refractivity contribution in [3.05, 3.63) is 33.8 Å². The number of hydrogen-bond donors (Lipinski definition) is 1. The Hall–Kier alpha value is -0.280. The molecule has 17 heavy (non-hydrogen) atoms. The van der Waals surface area contributed by atoms with Crippen molar-refractivity contribution >= 4 is 23.2 Å². The lowest BCUT2D eigenvalue weighted by Crippen LogP contribution is -2.34. The minimum absolute atomic E-state index is 0.244.